The van der Waals surface area contributed by atoms with Gasteiger partial charge in [0.15, 0.2) is 5.76 Å². The molecule has 0 N–H and O–H groups in total. The lowest BCUT2D eigenvalue weighted by molar-refractivity contribution is 0.0681. The highest BCUT2D eigenvalue weighted by molar-refractivity contribution is 9.10. The molecule has 0 unspecified atom stereocenters. The van der Waals surface area contributed by atoms with E-state index in [1.165, 1.54) is 5.57 Å². The largest absolute Gasteiger partial charge is 0.436 e. The molecule has 0 radical (unpaired) electrons. The Hall–Kier alpha value is -4.07. The number of aromatic nitrogens is 1. The van der Waals surface area contributed by atoms with Crippen molar-refractivity contribution in [3.05, 3.63) is 141 Å². The first-order valence-corrected chi connectivity index (χ1v) is 15.9. The van der Waals surface area contributed by atoms with Crippen LogP contribution in [0.4, 0.5) is 0 Å². The Kier molecular flexibility index (Phi) is 7.68. The van der Waals surface area contributed by atoms with E-state index in [2.05, 4.69) is 67.2 Å². The number of hydrogen-bond acceptors (Lipinski definition) is 4. The average Bonchev–Trinajstić information content (AvgIpc) is 3.69. The maximum Gasteiger partial charge on any atom is 0.274 e. The third-order valence-electron chi connectivity index (χ3n) is 8.07. The summed E-state index contributed by atoms with van der Waals surface area (Å²) in [6.07, 6.45) is 6.92. The van der Waals surface area contributed by atoms with Gasteiger partial charge in [-0.2, -0.15) is 5.10 Å². The van der Waals surface area contributed by atoms with Crippen LogP contribution in [0.1, 0.15) is 46.8 Å². The maximum absolute atomic E-state index is 14.1. The smallest absolute Gasteiger partial charge is 0.274 e. The van der Waals surface area contributed by atoms with Crippen LogP contribution in [0.2, 0.25) is 0 Å². The molecule has 0 bridgehead atoms. The number of allylic oxidation sites excluding steroid dienone is 1. The van der Waals surface area contributed by atoms with Gasteiger partial charge in [0, 0.05) is 31.6 Å². The summed E-state index contributed by atoms with van der Waals surface area (Å²) in [5.74, 6) is 1.22. The summed E-state index contributed by atoms with van der Waals surface area (Å²) in [5, 5.41) is 6.77. The van der Waals surface area contributed by atoms with Gasteiger partial charge < -0.3 is 4.42 Å². The standard InChI is InChI=1S/C36H27Br2N3O2/c37-29-17-9-23(10-18-29)21-28-7-4-8-31-33(28)40-41(34(31)25-15-19-30(38)20-16-25)36(42)27-13-11-26(12-14-27)35-39-22-32(43-35)24-5-2-1-3-6-24/h1-3,5-6,9-22,31,34H,4,7-8H2/b28-21+/t31-,34-/m1/s1. The predicted octanol–water partition coefficient (Wildman–Crippen LogP) is 9.97. The Bertz CT molecular complexity index is 1830. The summed E-state index contributed by atoms with van der Waals surface area (Å²) in [5.41, 5.74) is 6.77. The minimum absolute atomic E-state index is 0.123. The second-order valence-electron chi connectivity index (χ2n) is 10.8. The molecule has 1 saturated carbocycles. The average molecular weight is 693 g/mol. The fourth-order valence-electron chi connectivity index (χ4n) is 5.95. The van der Waals surface area contributed by atoms with E-state index in [1.807, 2.05) is 78.9 Å². The Morgan fingerprint density at radius 3 is 2.26 bits per heavy atom. The van der Waals surface area contributed by atoms with Gasteiger partial charge >= 0.3 is 0 Å². The van der Waals surface area contributed by atoms with Gasteiger partial charge in [-0.25, -0.2) is 9.99 Å². The van der Waals surface area contributed by atoms with Gasteiger partial charge in [0.25, 0.3) is 5.91 Å². The quantitative estimate of drug-likeness (QED) is 0.184. The number of hydrazone groups is 1. The van der Waals surface area contributed by atoms with Crippen molar-refractivity contribution < 1.29 is 9.21 Å². The van der Waals surface area contributed by atoms with Gasteiger partial charge in [-0.1, -0.05) is 86.5 Å². The van der Waals surface area contributed by atoms with Crippen LogP contribution in [0.3, 0.4) is 0 Å². The molecule has 5 aromatic rings. The summed E-state index contributed by atoms with van der Waals surface area (Å²) in [4.78, 5) is 18.6. The zero-order chi connectivity index (χ0) is 29.3. The molecule has 5 nitrogen and oxygen atoms in total. The molecule has 2 heterocycles. The number of amides is 1. The van der Waals surface area contributed by atoms with Crippen molar-refractivity contribution in [2.45, 2.75) is 25.3 Å². The van der Waals surface area contributed by atoms with E-state index in [0.29, 0.717) is 17.2 Å². The van der Waals surface area contributed by atoms with Gasteiger partial charge in [0.1, 0.15) is 0 Å². The monoisotopic (exact) mass is 691 g/mol. The molecule has 1 fully saturated rings. The van der Waals surface area contributed by atoms with Crippen LogP contribution in [0.15, 0.2) is 133 Å². The molecule has 1 aromatic heterocycles. The normalized spacial score (nSPS) is 18.9. The Morgan fingerprint density at radius 2 is 1.53 bits per heavy atom. The molecule has 1 amide bonds. The van der Waals surface area contributed by atoms with Crippen molar-refractivity contribution in [3.63, 3.8) is 0 Å². The number of fused-ring (bicyclic) bond motifs is 1. The Balaban J connectivity index is 1.21. The summed E-state index contributed by atoms with van der Waals surface area (Å²) < 4.78 is 8.08. The highest BCUT2D eigenvalue weighted by atomic mass is 79.9. The third kappa shape index (κ3) is 5.67. The van der Waals surface area contributed by atoms with Crippen molar-refractivity contribution in [1.29, 1.82) is 0 Å². The Morgan fingerprint density at radius 1 is 0.837 bits per heavy atom. The van der Waals surface area contributed by atoms with Crippen LogP contribution in [0.5, 0.6) is 0 Å². The predicted molar refractivity (Wildman–Crippen MR) is 177 cm³/mol. The summed E-state index contributed by atoms with van der Waals surface area (Å²) in [7, 11) is 0. The van der Waals surface area contributed by atoms with Crippen LogP contribution >= 0.6 is 31.9 Å². The van der Waals surface area contributed by atoms with E-state index in [0.717, 1.165) is 56.2 Å². The number of oxazole rings is 1. The molecular weight excluding hydrogens is 666 g/mol. The molecule has 7 rings (SSSR count). The summed E-state index contributed by atoms with van der Waals surface area (Å²) in [6, 6.07) is 33.7. The number of carbonyl (C=O) groups excluding carboxylic acids is 1. The number of halogens is 2. The number of nitrogens with zero attached hydrogens (tertiary/aromatic N) is 3. The molecule has 7 heteroatoms. The highest BCUT2D eigenvalue weighted by Gasteiger charge is 2.44. The molecule has 1 aliphatic carbocycles. The van der Waals surface area contributed by atoms with Crippen LogP contribution in [-0.2, 0) is 0 Å². The van der Waals surface area contributed by atoms with Crippen LogP contribution in [0.25, 0.3) is 28.9 Å². The number of hydrogen-bond donors (Lipinski definition) is 0. The van der Waals surface area contributed by atoms with Crippen molar-refractivity contribution in [2.75, 3.05) is 0 Å². The molecule has 2 atom stereocenters. The third-order valence-corrected chi connectivity index (χ3v) is 9.13. The molecule has 1 aliphatic heterocycles. The van der Waals surface area contributed by atoms with Crippen LogP contribution in [0, 0.1) is 5.92 Å². The molecule has 43 heavy (non-hydrogen) atoms. The number of rotatable bonds is 5. The van der Waals surface area contributed by atoms with Gasteiger partial charge in [-0.15, -0.1) is 0 Å². The van der Waals surface area contributed by atoms with Gasteiger partial charge in [-0.3, -0.25) is 4.79 Å². The highest BCUT2D eigenvalue weighted by Crippen LogP contribution is 2.45. The zero-order valence-corrected chi connectivity index (χ0v) is 26.3. The second-order valence-corrected chi connectivity index (χ2v) is 12.7. The molecule has 2 aliphatic rings. The van der Waals surface area contributed by atoms with Gasteiger partial charge in [0.2, 0.25) is 5.89 Å². The van der Waals surface area contributed by atoms with Crippen molar-refractivity contribution in [3.8, 4) is 22.8 Å². The topological polar surface area (TPSA) is 58.7 Å². The van der Waals surface area contributed by atoms with E-state index < -0.39 is 0 Å². The fourth-order valence-corrected chi connectivity index (χ4v) is 6.48. The summed E-state index contributed by atoms with van der Waals surface area (Å²) >= 11 is 7.09. The van der Waals surface area contributed by atoms with Crippen LogP contribution in [-0.4, -0.2) is 21.6 Å². The van der Waals surface area contributed by atoms with E-state index in [4.69, 9.17) is 9.52 Å². The second kappa shape index (κ2) is 11.9. The molecular formula is C36H27Br2N3O2. The van der Waals surface area contributed by atoms with E-state index in [-0.39, 0.29) is 17.9 Å². The minimum Gasteiger partial charge on any atom is -0.436 e. The minimum atomic E-state index is -0.177. The first-order valence-electron chi connectivity index (χ1n) is 14.3. The molecule has 212 valence electrons. The lowest BCUT2D eigenvalue weighted by Gasteiger charge is -2.29. The SMILES string of the molecule is O=C(c1ccc(-c2ncc(-c3ccccc3)o2)cc1)N1N=C2/C(=C/c3ccc(Br)cc3)CCC[C@H]2[C@H]1c1ccc(Br)cc1. The first-order chi connectivity index (χ1) is 21.0. The van der Waals surface area contributed by atoms with Crippen LogP contribution < -0.4 is 0 Å². The van der Waals surface area contributed by atoms with Gasteiger partial charge in [0.05, 0.1) is 18.0 Å². The van der Waals surface area contributed by atoms with E-state index in [9.17, 15) is 4.79 Å². The maximum atomic E-state index is 14.1. The Labute approximate surface area is 267 Å². The fraction of sp³-hybridized carbons (Fsp3) is 0.139. The van der Waals surface area contributed by atoms with Gasteiger partial charge in [-0.05, 0) is 90.6 Å². The molecule has 0 spiro atoms. The van der Waals surface area contributed by atoms with Crippen molar-refractivity contribution in [2.24, 2.45) is 11.0 Å². The first kappa shape index (κ1) is 27.7. The molecule has 0 saturated heterocycles. The number of carbonyl (C=O) groups is 1. The molecule has 4 aromatic carbocycles. The lowest BCUT2D eigenvalue weighted by atomic mass is 9.77. The van der Waals surface area contributed by atoms with E-state index in [1.54, 1.807) is 11.2 Å². The van der Waals surface area contributed by atoms with Crippen molar-refractivity contribution >= 4 is 49.6 Å². The summed E-state index contributed by atoms with van der Waals surface area (Å²) in [6.45, 7) is 0. The zero-order valence-electron chi connectivity index (χ0n) is 23.2. The lowest BCUT2D eigenvalue weighted by Crippen LogP contribution is -2.31. The van der Waals surface area contributed by atoms with E-state index >= 15 is 0 Å². The number of benzene rings is 4. The van der Waals surface area contributed by atoms with Crippen molar-refractivity contribution in [1.82, 2.24) is 9.99 Å².